The molecule has 186 valence electrons. The maximum Gasteiger partial charge on any atom is 0.408 e. The molecule has 33 heavy (non-hydrogen) atoms. The van der Waals surface area contributed by atoms with Crippen molar-refractivity contribution in [1.29, 1.82) is 0 Å². The molecule has 6 atom stereocenters. The first-order chi connectivity index (χ1) is 15.4. The number of amides is 2. The highest BCUT2D eigenvalue weighted by molar-refractivity contribution is 7.98. The van der Waals surface area contributed by atoms with E-state index in [9.17, 15) is 24.3 Å². The maximum absolute atomic E-state index is 13.3. The number of carbonyl (C=O) groups is 4. The van der Waals surface area contributed by atoms with Gasteiger partial charge < -0.3 is 30.0 Å². The van der Waals surface area contributed by atoms with Gasteiger partial charge in [0.1, 0.15) is 17.2 Å². The summed E-state index contributed by atoms with van der Waals surface area (Å²) in [6.45, 7) is 10.1. The number of hydrogen-bond donors (Lipinski definition) is 3. The lowest BCUT2D eigenvalue weighted by Crippen LogP contribution is -2.61. The average molecular weight is 487 g/mol. The summed E-state index contributed by atoms with van der Waals surface area (Å²) in [4.78, 5) is 50.9. The Bertz CT molecular complexity index is 783. The average Bonchev–Trinajstić information content (AvgIpc) is 3.39. The molecule has 0 aromatic rings. The fourth-order valence-electron chi connectivity index (χ4n) is 4.44. The van der Waals surface area contributed by atoms with Gasteiger partial charge in [0.05, 0.1) is 24.9 Å². The van der Waals surface area contributed by atoms with E-state index in [1.165, 1.54) is 11.8 Å². The molecule has 10 nitrogen and oxygen atoms in total. The summed E-state index contributed by atoms with van der Waals surface area (Å²) >= 11 is 1.49. The summed E-state index contributed by atoms with van der Waals surface area (Å²) in [5.41, 5.74) is -2.37. The largest absolute Gasteiger partial charge is 0.464 e. The number of thioether (sulfide) groups is 1. The Labute approximate surface area is 198 Å². The molecule has 0 saturated heterocycles. The zero-order valence-corrected chi connectivity index (χ0v) is 20.5. The molecule has 11 heteroatoms. The summed E-state index contributed by atoms with van der Waals surface area (Å²) in [7, 11) is 0. The van der Waals surface area contributed by atoms with E-state index < -0.39 is 65.0 Å². The highest BCUT2D eigenvalue weighted by Gasteiger charge is 2.76. The Morgan fingerprint density at radius 1 is 1.30 bits per heavy atom. The number of aliphatic hydroxyl groups excluding tert-OH is 1. The van der Waals surface area contributed by atoms with Gasteiger partial charge in [-0.1, -0.05) is 6.58 Å². The number of aliphatic hydroxyl groups is 1. The minimum absolute atomic E-state index is 0.0533. The zero-order chi connectivity index (χ0) is 25.0. The predicted molar refractivity (Wildman–Crippen MR) is 121 cm³/mol. The predicted octanol–water partition coefficient (Wildman–Crippen LogP) is 1.36. The van der Waals surface area contributed by atoms with Crippen molar-refractivity contribution in [2.24, 2.45) is 17.8 Å². The second-order valence-corrected chi connectivity index (χ2v) is 10.2. The lowest BCUT2D eigenvalue weighted by Gasteiger charge is -2.33. The molecule has 0 heterocycles. The van der Waals surface area contributed by atoms with Crippen LogP contribution in [0.4, 0.5) is 4.79 Å². The number of rotatable bonds is 10. The van der Waals surface area contributed by atoms with E-state index in [4.69, 9.17) is 14.2 Å². The van der Waals surface area contributed by atoms with Crippen LogP contribution < -0.4 is 10.6 Å². The smallest absolute Gasteiger partial charge is 0.408 e. The quantitative estimate of drug-likeness (QED) is 0.237. The van der Waals surface area contributed by atoms with Gasteiger partial charge in [-0.2, -0.15) is 11.8 Å². The number of hydrogen-bond acceptors (Lipinski definition) is 9. The Kier molecular flexibility index (Phi) is 8.81. The van der Waals surface area contributed by atoms with E-state index >= 15 is 0 Å². The van der Waals surface area contributed by atoms with Crippen molar-refractivity contribution in [3.05, 3.63) is 12.8 Å². The van der Waals surface area contributed by atoms with Crippen molar-refractivity contribution in [1.82, 2.24) is 10.6 Å². The molecule has 2 aliphatic carbocycles. The fourth-order valence-corrected chi connectivity index (χ4v) is 4.91. The summed E-state index contributed by atoms with van der Waals surface area (Å²) in [5, 5.41) is 15.8. The third kappa shape index (κ3) is 6.20. The molecule has 3 N–H and O–H groups in total. The maximum atomic E-state index is 13.3. The van der Waals surface area contributed by atoms with Crippen LogP contribution in [0.3, 0.4) is 0 Å². The van der Waals surface area contributed by atoms with Crippen molar-refractivity contribution in [3.8, 4) is 0 Å². The minimum Gasteiger partial charge on any atom is -0.464 e. The van der Waals surface area contributed by atoms with Gasteiger partial charge in [-0.15, -0.1) is 0 Å². The Balaban J connectivity index is 2.28. The SMILES string of the molecule is C=COC(=O)[C@H]1[C@H]2[C@@H]1[C@@](NC(=O)[C@H](CCSC)NC(=O)OC(C)(C)C)(C(=O)OCC)C[C@@H]2O. The van der Waals surface area contributed by atoms with Gasteiger partial charge >= 0.3 is 18.0 Å². The lowest BCUT2D eigenvalue weighted by atomic mass is 9.88. The van der Waals surface area contributed by atoms with E-state index in [1.54, 1.807) is 27.7 Å². The van der Waals surface area contributed by atoms with Gasteiger partial charge in [-0.05, 0) is 46.1 Å². The summed E-state index contributed by atoms with van der Waals surface area (Å²) in [6.07, 6.45) is 1.25. The van der Waals surface area contributed by atoms with Crippen molar-refractivity contribution < 1.29 is 38.5 Å². The molecule has 2 rings (SSSR count). The van der Waals surface area contributed by atoms with Crippen LogP contribution >= 0.6 is 11.8 Å². The standard InChI is InChI=1S/C22H34N2O8S/c1-7-30-18(27)15-14-13(25)11-22(16(14)15,19(28)31-8-2)24-17(26)12(9-10-33-6)23-20(29)32-21(3,4)5/h7,12-16,25H,1,8-11H2,2-6H3,(H,23,29)(H,24,26)/t12-,13-,14-,15-,16-,22+/m0/s1. The third-order valence-electron chi connectivity index (χ3n) is 5.70. The highest BCUT2D eigenvalue weighted by atomic mass is 32.2. The van der Waals surface area contributed by atoms with Gasteiger partial charge in [-0.3, -0.25) is 9.59 Å². The number of nitrogens with one attached hydrogen (secondary N) is 2. The highest BCUT2D eigenvalue weighted by Crippen LogP contribution is 2.63. The van der Waals surface area contributed by atoms with E-state index in [0.717, 1.165) is 6.26 Å². The molecular weight excluding hydrogens is 452 g/mol. The Hall–Kier alpha value is -2.27. The molecule has 0 unspecified atom stereocenters. The minimum atomic E-state index is -1.62. The van der Waals surface area contributed by atoms with Crippen LogP contribution in [0.1, 0.15) is 40.5 Å². The Morgan fingerprint density at radius 2 is 1.97 bits per heavy atom. The van der Waals surface area contributed by atoms with Crippen molar-refractivity contribution in [2.45, 2.75) is 63.8 Å². The van der Waals surface area contributed by atoms with E-state index in [2.05, 4.69) is 17.2 Å². The fraction of sp³-hybridized carbons (Fsp3) is 0.727. The molecule has 0 aromatic heterocycles. The van der Waals surface area contributed by atoms with E-state index in [-0.39, 0.29) is 19.4 Å². The number of carbonyl (C=O) groups excluding carboxylic acids is 4. The molecule has 0 aliphatic heterocycles. The van der Waals surface area contributed by atoms with Crippen LogP contribution in [0.15, 0.2) is 12.8 Å². The topological polar surface area (TPSA) is 140 Å². The van der Waals surface area contributed by atoms with Gasteiger partial charge in [0.2, 0.25) is 5.91 Å². The molecule has 2 amide bonds. The second kappa shape index (κ2) is 10.8. The first-order valence-electron chi connectivity index (χ1n) is 10.9. The number of fused-ring (bicyclic) bond motifs is 1. The van der Waals surface area contributed by atoms with Gasteiger partial charge in [-0.25, -0.2) is 9.59 Å². The van der Waals surface area contributed by atoms with Crippen LogP contribution in [0, 0.1) is 17.8 Å². The number of alkyl carbamates (subject to hydrolysis) is 1. The molecular formula is C22H34N2O8S. The summed E-state index contributed by atoms with van der Waals surface area (Å²) in [5.74, 6) is -3.45. The van der Waals surface area contributed by atoms with E-state index in [1.807, 2.05) is 6.26 Å². The molecule has 0 bridgehead atoms. The van der Waals surface area contributed by atoms with Gasteiger partial charge in [0.15, 0.2) is 0 Å². The van der Waals surface area contributed by atoms with Crippen LogP contribution in [-0.4, -0.2) is 70.9 Å². The van der Waals surface area contributed by atoms with Crippen LogP contribution in [-0.2, 0) is 28.6 Å². The summed E-state index contributed by atoms with van der Waals surface area (Å²) < 4.78 is 15.3. The zero-order valence-electron chi connectivity index (χ0n) is 19.7. The van der Waals surface area contributed by atoms with Crippen LogP contribution in [0.2, 0.25) is 0 Å². The molecule has 2 fully saturated rings. The molecule has 0 radical (unpaired) electrons. The van der Waals surface area contributed by atoms with Crippen LogP contribution in [0.5, 0.6) is 0 Å². The number of esters is 2. The normalized spacial score (nSPS) is 28.7. The van der Waals surface area contributed by atoms with Crippen molar-refractivity contribution in [3.63, 3.8) is 0 Å². The van der Waals surface area contributed by atoms with Crippen LogP contribution in [0.25, 0.3) is 0 Å². The second-order valence-electron chi connectivity index (χ2n) is 9.17. The first kappa shape index (κ1) is 27.0. The first-order valence-corrected chi connectivity index (χ1v) is 12.3. The van der Waals surface area contributed by atoms with E-state index in [0.29, 0.717) is 5.75 Å². The lowest BCUT2D eigenvalue weighted by molar-refractivity contribution is -0.156. The van der Waals surface area contributed by atoms with Crippen molar-refractivity contribution in [2.75, 3.05) is 18.6 Å². The monoisotopic (exact) mass is 486 g/mol. The third-order valence-corrected chi connectivity index (χ3v) is 6.34. The molecule has 0 aromatic carbocycles. The summed E-state index contributed by atoms with van der Waals surface area (Å²) in [6, 6.07) is -0.993. The van der Waals surface area contributed by atoms with Gasteiger partial charge in [0, 0.05) is 18.3 Å². The Morgan fingerprint density at radius 3 is 2.52 bits per heavy atom. The molecule has 0 spiro atoms. The van der Waals surface area contributed by atoms with Gasteiger partial charge in [0.25, 0.3) is 0 Å². The molecule has 2 aliphatic rings. The van der Waals surface area contributed by atoms with Crippen molar-refractivity contribution >= 4 is 35.7 Å². The number of ether oxygens (including phenoxy) is 3. The molecule has 2 saturated carbocycles.